The molecule has 0 atom stereocenters. The molecule has 0 unspecified atom stereocenters. The quantitative estimate of drug-likeness (QED) is 0.763. The van der Waals surface area contributed by atoms with Gasteiger partial charge in [0.1, 0.15) is 5.75 Å². The molecule has 2 heterocycles. The van der Waals surface area contributed by atoms with E-state index in [4.69, 9.17) is 10.5 Å². The molecule has 0 fully saturated rings. The molecule has 0 aliphatic carbocycles. The maximum Gasteiger partial charge on any atom is 0.153 e. The molecular formula is C12H13N3O. The number of benzene rings is 1. The summed E-state index contributed by atoms with van der Waals surface area (Å²) in [6, 6.07) is 6.17. The van der Waals surface area contributed by atoms with Crippen molar-refractivity contribution in [3.05, 3.63) is 29.5 Å². The number of aromatic nitrogens is 2. The smallest absolute Gasteiger partial charge is 0.153 e. The van der Waals surface area contributed by atoms with Gasteiger partial charge in [0.05, 0.1) is 6.61 Å². The summed E-state index contributed by atoms with van der Waals surface area (Å²) in [5.74, 6) is 1.54. The van der Waals surface area contributed by atoms with Gasteiger partial charge in [-0.25, -0.2) is 0 Å². The van der Waals surface area contributed by atoms with Crippen molar-refractivity contribution in [3.63, 3.8) is 0 Å². The van der Waals surface area contributed by atoms with Crippen molar-refractivity contribution < 1.29 is 4.74 Å². The van der Waals surface area contributed by atoms with Gasteiger partial charge in [0.15, 0.2) is 5.82 Å². The molecule has 0 radical (unpaired) electrons. The third-order valence-corrected chi connectivity index (χ3v) is 2.95. The van der Waals surface area contributed by atoms with E-state index in [9.17, 15) is 0 Å². The van der Waals surface area contributed by atoms with E-state index in [1.807, 2.05) is 19.1 Å². The summed E-state index contributed by atoms with van der Waals surface area (Å²) in [6.07, 6.45) is 0.972. The number of nitrogens with two attached hydrogens (primary N) is 1. The molecule has 0 bridgehead atoms. The lowest BCUT2D eigenvalue weighted by molar-refractivity contribution is 0.357. The zero-order valence-corrected chi connectivity index (χ0v) is 9.08. The third-order valence-electron chi connectivity index (χ3n) is 2.95. The van der Waals surface area contributed by atoms with Crippen LogP contribution in [-0.4, -0.2) is 16.8 Å². The number of aromatic amines is 1. The highest BCUT2D eigenvalue weighted by atomic mass is 16.5. The van der Waals surface area contributed by atoms with Gasteiger partial charge in [-0.2, -0.15) is 5.10 Å². The van der Waals surface area contributed by atoms with Gasteiger partial charge in [-0.15, -0.1) is 0 Å². The van der Waals surface area contributed by atoms with Gasteiger partial charge in [-0.3, -0.25) is 5.10 Å². The summed E-state index contributed by atoms with van der Waals surface area (Å²) >= 11 is 0. The van der Waals surface area contributed by atoms with E-state index in [0.29, 0.717) is 5.82 Å². The highest BCUT2D eigenvalue weighted by Crippen LogP contribution is 2.33. The number of H-pyrrole nitrogens is 1. The molecule has 0 spiro atoms. The molecule has 1 aliphatic heterocycles. The van der Waals surface area contributed by atoms with Gasteiger partial charge in [-0.05, 0) is 30.2 Å². The third kappa shape index (κ3) is 1.26. The summed E-state index contributed by atoms with van der Waals surface area (Å²) in [6.45, 7) is 2.75. The van der Waals surface area contributed by atoms with E-state index in [-0.39, 0.29) is 0 Å². The number of hydrogen-bond donors (Lipinski definition) is 2. The van der Waals surface area contributed by atoms with E-state index >= 15 is 0 Å². The van der Waals surface area contributed by atoms with Crippen molar-refractivity contribution in [2.45, 2.75) is 13.3 Å². The number of ether oxygens (including phenoxy) is 1. The Hall–Kier alpha value is -1.97. The Labute approximate surface area is 93.4 Å². The van der Waals surface area contributed by atoms with E-state index in [0.717, 1.165) is 35.6 Å². The molecule has 0 saturated heterocycles. The number of nitrogen functional groups attached to an aromatic ring is 1. The maximum atomic E-state index is 5.85. The summed E-state index contributed by atoms with van der Waals surface area (Å²) in [5.41, 5.74) is 10.2. The Morgan fingerprint density at radius 3 is 3.06 bits per heavy atom. The van der Waals surface area contributed by atoms with Crippen molar-refractivity contribution >= 4 is 5.82 Å². The average molecular weight is 215 g/mol. The highest BCUT2D eigenvalue weighted by molar-refractivity contribution is 5.77. The van der Waals surface area contributed by atoms with Crippen LogP contribution in [-0.2, 0) is 6.42 Å². The van der Waals surface area contributed by atoms with Crippen LogP contribution in [0.3, 0.4) is 0 Å². The zero-order valence-electron chi connectivity index (χ0n) is 9.08. The second kappa shape index (κ2) is 3.27. The predicted molar refractivity (Wildman–Crippen MR) is 62.4 cm³/mol. The largest absolute Gasteiger partial charge is 0.493 e. The molecule has 0 saturated carbocycles. The summed E-state index contributed by atoms with van der Waals surface area (Å²) < 4.78 is 5.48. The molecule has 4 nitrogen and oxygen atoms in total. The second-order valence-electron chi connectivity index (χ2n) is 4.03. The Morgan fingerprint density at radius 2 is 2.31 bits per heavy atom. The Kier molecular flexibility index (Phi) is 1.89. The van der Waals surface area contributed by atoms with Gasteiger partial charge in [-0.1, -0.05) is 6.07 Å². The van der Waals surface area contributed by atoms with Crippen LogP contribution in [0.4, 0.5) is 5.82 Å². The molecule has 1 aromatic heterocycles. The second-order valence-corrected chi connectivity index (χ2v) is 4.03. The van der Waals surface area contributed by atoms with Crippen molar-refractivity contribution in [1.82, 2.24) is 10.2 Å². The van der Waals surface area contributed by atoms with Crippen molar-refractivity contribution in [3.8, 4) is 16.9 Å². The number of nitrogens with zero attached hydrogens (tertiary/aromatic N) is 1. The lowest BCUT2D eigenvalue weighted by Gasteiger charge is -2.04. The zero-order chi connectivity index (χ0) is 11.1. The summed E-state index contributed by atoms with van der Waals surface area (Å²) in [5, 5.41) is 6.90. The molecule has 3 N–H and O–H groups in total. The van der Waals surface area contributed by atoms with Crippen molar-refractivity contribution in [1.29, 1.82) is 0 Å². The van der Waals surface area contributed by atoms with Crippen LogP contribution in [0.5, 0.6) is 5.75 Å². The fraction of sp³-hybridized carbons (Fsp3) is 0.250. The topological polar surface area (TPSA) is 63.9 Å². The Bertz CT molecular complexity index is 526. The van der Waals surface area contributed by atoms with Gasteiger partial charge in [0.2, 0.25) is 0 Å². The molecule has 4 heteroatoms. The minimum Gasteiger partial charge on any atom is -0.493 e. The van der Waals surface area contributed by atoms with Crippen LogP contribution in [0.1, 0.15) is 11.3 Å². The first-order valence-corrected chi connectivity index (χ1v) is 5.32. The molecular weight excluding hydrogens is 202 g/mol. The van der Waals surface area contributed by atoms with Crippen molar-refractivity contribution in [2.24, 2.45) is 0 Å². The van der Waals surface area contributed by atoms with Crippen LogP contribution in [0, 0.1) is 6.92 Å². The van der Waals surface area contributed by atoms with Gasteiger partial charge < -0.3 is 10.5 Å². The molecule has 16 heavy (non-hydrogen) atoms. The standard InChI is InChI=1S/C12H13N3O/c1-7-11(12(13)15-14-7)9-2-3-10-8(6-9)4-5-16-10/h2-3,6H,4-5H2,1H3,(H3,13,14,15). The average Bonchev–Trinajstić information content (AvgIpc) is 2.85. The minimum absolute atomic E-state index is 0.552. The first-order valence-electron chi connectivity index (χ1n) is 5.32. The lowest BCUT2D eigenvalue weighted by Crippen LogP contribution is -1.89. The molecule has 1 aromatic carbocycles. The highest BCUT2D eigenvalue weighted by Gasteiger charge is 2.15. The Morgan fingerprint density at radius 1 is 1.44 bits per heavy atom. The van der Waals surface area contributed by atoms with Crippen LogP contribution in [0.2, 0.25) is 0 Å². The first-order chi connectivity index (χ1) is 7.75. The van der Waals surface area contributed by atoms with Crippen molar-refractivity contribution in [2.75, 3.05) is 12.3 Å². The first kappa shape index (κ1) is 9.27. The molecule has 0 amide bonds. The molecule has 2 aromatic rings. The van der Waals surface area contributed by atoms with E-state index in [1.165, 1.54) is 5.56 Å². The van der Waals surface area contributed by atoms with E-state index in [1.54, 1.807) is 0 Å². The van der Waals surface area contributed by atoms with E-state index in [2.05, 4.69) is 16.3 Å². The predicted octanol–water partition coefficient (Wildman–Crippen LogP) is 1.90. The van der Waals surface area contributed by atoms with Crippen LogP contribution < -0.4 is 10.5 Å². The number of fused-ring (bicyclic) bond motifs is 1. The SMILES string of the molecule is Cc1[nH]nc(N)c1-c1ccc2c(c1)CCO2. The van der Waals surface area contributed by atoms with Crippen LogP contribution in [0.15, 0.2) is 18.2 Å². The summed E-state index contributed by atoms with van der Waals surface area (Å²) in [7, 11) is 0. The normalized spacial score (nSPS) is 13.6. The molecule has 82 valence electrons. The number of aryl methyl sites for hydroxylation is 1. The fourth-order valence-electron chi connectivity index (χ4n) is 2.15. The Balaban J connectivity index is 2.14. The number of nitrogens with one attached hydrogen (secondary N) is 1. The van der Waals surface area contributed by atoms with Gasteiger partial charge >= 0.3 is 0 Å². The lowest BCUT2D eigenvalue weighted by atomic mass is 10.0. The number of anilines is 1. The van der Waals surface area contributed by atoms with Gasteiger partial charge in [0.25, 0.3) is 0 Å². The van der Waals surface area contributed by atoms with Crippen LogP contribution in [0.25, 0.3) is 11.1 Å². The van der Waals surface area contributed by atoms with Crippen LogP contribution >= 0.6 is 0 Å². The fourth-order valence-corrected chi connectivity index (χ4v) is 2.15. The summed E-state index contributed by atoms with van der Waals surface area (Å²) in [4.78, 5) is 0. The molecule has 3 rings (SSSR count). The number of rotatable bonds is 1. The van der Waals surface area contributed by atoms with E-state index < -0.39 is 0 Å². The molecule has 1 aliphatic rings. The minimum atomic E-state index is 0.552. The maximum absolute atomic E-state index is 5.85. The number of hydrogen-bond acceptors (Lipinski definition) is 3. The van der Waals surface area contributed by atoms with Gasteiger partial charge in [0, 0.05) is 17.7 Å². The monoisotopic (exact) mass is 215 g/mol.